The van der Waals surface area contributed by atoms with Gasteiger partial charge in [0.15, 0.2) is 0 Å². The summed E-state index contributed by atoms with van der Waals surface area (Å²) in [6.07, 6.45) is 2.82. The Morgan fingerprint density at radius 2 is 2.22 bits per heavy atom. The lowest BCUT2D eigenvalue weighted by Gasteiger charge is -2.01. The van der Waals surface area contributed by atoms with Gasteiger partial charge in [0.2, 0.25) is 0 Å². The van der Waals surface area contributed by atoms with E-state index in [2.05, 4.69) is 15.2 Å². The zero-order valence-electron chi connectivity index (χ0n) is 8.94. The first kappa shape index (κ1) is 12.0. The third-order valence-corrected chi connectivity index (χ3v) is 2.92. The van der Waals surface area contributed by atoms with E-state index in [-0.39, 0.29) is 5.56 Å². The van der Waals surface area contributed by atoms with Gasteiger partial charge in [0.1, 0.15) is 16.1 Å². The highest BCUT2D eigenvalue weighted by atomic mass is 32.2. The van der Waals surface area contributed by atoms with Crippen molar-refractivity contribution < 1.29 is 9.90 Å². The molecule has 2 heterocycles. The SMILES string of the molecule is N#Cc1ccnnc1Sc1cc(C(=O)O)ccn1. The molecule has 0 aliphatic carbocycles. The van der Waals surface area contributed by atoms with Crippen LogP contribution in [0.15, 0.2) is 40.6 Å². The van der Waals surface area contributed by atoms with Gasteiger partial charge in [-0.2, -0.15) is 10.4 Å². The second kappa shape index (κ2) is 5.25. The molecule has 0 radical (unpaired) electrons. The Balaban J connectivity index is 2.32. The average Bonchev–Trinajstić information content (AvgIpc) is 2.39. The topological polar surface area (TPSA) is 99.8 Å². The van der Waals surface area contributed by atoms with Gasteiger partial charge in [-0.1, -0.05) is 0 Å². The Hall–Kier alpha value is -2.46. The van der Waals surface area contributed by atoms with Crippen molar-refractivity contribution in [3.63, 3.8) is 0 Å². The van der Waals surface area contributed by atoms with Gasteiger partial charge in [0.25, 0.3) is 0 Å². The number of carboxylic acid groups (broad SMARTS) is 1. The van der Waals surface area contributed by atoms with Crippen molar-refractivity contribution in [2.24, 2.45) is 0 Å². The number of aromatic nitrogens is 3. The minimum absolute atomic E-state index is 0.134. The first-order valence-corrected chi connectivity index (χ1v) is 5.61. The third-order valence-electron chi connectivity index (χ3n) is 1.99. The van der Waals surface area contributed by atoms with E-state index in [0.29, 0.717) is 15.6 Å². The van der Waals surface area contributed by atoms with Crippen molar-refractivity contribution >= 4 is 17.7 Å². The van der Waals surface area contributed by atoms with E-state index >= 15 is 0 Å². The van der Waals surface area contributed by atoms with Crippen LogP contribution in [0.25, 0.3) is 0 Å². The van der Waals surface area contributed by atoms with Crippen LogP contribution in [0.4, 0.5) is 0 Å². The van der Waals surface area contributed by atoms with Crippen LogP contribution in [-0.2, 0) is 0 Å². The highest BCUT2D eigenvalue weighted by Crippen LogP contribution is 2.26. The summed E-state index contributed by atoms with van der Waals surface area (Å²) in [6, 6.07) is 6.34. The van der Waals surface area contributed by atoms with E-state index in [1.807, 2.05) is 6.07 Å². The van der Waals surface area contributed by atoms with Gasteiger partial charge in [0.05, 0.1) is 17.3 Å². The van der Waals surface area contributed by atoms with E-state index in [1.165, 1.54) is 30.6 Å². The van der Waals surface area contributed by atoms with Crippen LogP contribution in [0.5, 0.6) is 0 Å². The summed E-state index contributed by atoms with van der Waals surface area (Å²) in [5.41, 5.74) is 0.507. The molecule has 1 N–H and O–H groups in total. The number of rotatable bonds is 3. The van der Waals surface area contributed by atoms with Gasteiger partial charge in [0, 0.05) is 6.20 Å². The summed E-state index contributed by atoms with van der Waals surface area (Å²) in [5.74, 6) is -1.03. The van der Waals surface area contributed by atoms with Crippen molar-refractivity contribution in [1.29, 1.82) is 5.26 Å². The molecular formula is C11H6N4O2S. The summed E-state index contributed by atoms with van der Waals surface area (Å²) in [5, 5.41) is 26.1. The molecule has 7 heteroatoms. The summed E-state index contributed by atoms with van der Waals surface area (Å²) >= 11 is 1.10. The molecule has 0 fully saturated rings. The summed E-state index contributed by atoms with van der Waals surface area (Å²) in [6.45, 7) is 0. The molecule has 6 nitrogen and oxygen atoms in total. The number of hydrogen-bond acceptors (Lipinski definition) is 6. The number of hydrogen-bond donors (Lipinski definition) is 1. The highest BCUT2D eigenvalue weighted by molar-refractivity contribution is 7.99. The molecule has 0 saturated carbocycles. The van der Waals surface area contributed by atoms with Crippen molar-refractivity contribution in [1.82, 2.24) is 15.2 Å². The predicted octanol–water partition coefficient (Wildman–Crippen LogP) is 1.59. The Bertz CT molecular complexity index is 639. The molecule has 0 aromatic carbocycles. The Morgan fingerprint density at radius 3 is 2.94 bits per heavy atom. The predicted molar refractivity (Wildman–Crippen MR) is 62.1 cm³/mol. The molecule has 0 bridgehead atoms. The average molecular weight is 258 g/mol. The minimum Gasteiger partial charge on any atom is -0.478 e. The second-order valence-electron chi connectivity index (χ2n) is 3.15. The maximum Gasteiger partial charge on any atom is 0.335 e. The number of nitrogens with zero attached hydrogens (tertiary/aromatic N) is 4. The van der Waals surface area contributed by atoms with Crippen LogP contribution in [0.2, 0.25) is 0 Å². The molecule has 2 rings (SSSR count). The fourth-order valence-corrected chi connectivity index (χ4v) is 1.99. The van der Waals surface area contributed by atoms with E-state index < -0.39 is 5.97 Å². The Morgan fingerprint density at radius 1 is 1.39 bits per heavy atom. The molecule has 0 aliphatic heterocycles. The summed E-state index contributed by atoms with van der Waals surface area (Å²) in [4.78, 5) is 14.8. The number of carbonyl (C=O) groups is 1. The van der Waals surface area contributed by atoms with Gasteiger partial charge in [-0.3, -0.25) is 0 Å². The monoisotopic (exact) mass is 258 g/mol. The maximum atomic E-state index is 10.8. The smallest absolute Gasteiger partial charge is 0.335 e. The van der Waals surface area contributed by atoms with Crippen LogP contribution < -0.4 is 0 Å². The van der Waals surface area contributed by atoms with Crippen LogP contribution in [0.1, 0.15) is 15.9 Å². The van der Waals surface area contributed by atoms with Crippen LogP contribution >= 0.6 is 11.8 Å². The normalized spacial score (nSPS) is 9.72. The van der Waals surface area contributed by atoms with E-state index in [1.54, 1.807) is 0 Å². The second-order valence-corrected chi connectivity index (χ2v) is 4.16. The van der Waals surface area contributed by atoms with Gasteiger partial charge in [-0.15, -0.1) is 5.10 Å². The van der Waals surface area contributed by atoms with Crippen molar-refractivity contribution in [3.8, 4) is 6.07 Å². The molecule has 0 saturated heterocycles. The van der Waals surface area contributed by atoms with Crippen LogP contribution in [-0.4, -0.2) is 26.3 Å². The van der Waals surface area contributed by atoms with E-state index in [0.717, 1.165) is 11.8 Å². The van der Waals surface area contributed by atoms with Crippen molar-refractivity contribution in [2.45, 2.75) is 10.1 Å². The molecule has 0 atom stereocenters. The fraction of sp³-hybridized carbons (Fsp3) is 0. The van der Waals surface area contributed by atoms with E-state index in [9.17, 15) is 4.79 Å². The molecule has 0 aliphatic rings. The molecule has 2 aromatic rings. The van der Waals surface area contributed by atoms with Crippen molar-refractivity contribution in [2.75, 3.05) is 0 Å². The summed E-state index contributed by atoms with van der Waals surface area (Å²) < 4.78 is 0. The third kappa shape index (κ3) is 2.61. The molecular weight excluding hydrogens is 252 g/mol. The first-order chi connectivity index (χ1) is 8.70. The Labute approximate surface area is 106 Å². The molecule has 18 heavy (non-hydrogen) atoms. The number of pyridine rings is 1. The highest BCUT2D eigenvalue weighted by Gasteiger charge is 2.09. The standard InChI is InChI=1S/C11H6N4O2S/c12-6-8-2-4-14-15-10(8)18-9-5-7(11(16)17)1-3-13-9/h1-5H,(H,16,17). The lowest BCUT2D eigenvalue weighted by atomic mass is 10.3. The largest absolute Gasteiger partial charge is 0.478 e. The molecule has 0 amide bonds. The lowest BCUT2D eigenvalue weighted by Crippen LogP contribution is -1.97. The zero-order valence-corrected chi connectivity index (χ0v) is 9.76. The lowest BCUT2D eigenvalue weighted by molar-refractivity contribution is 0.0696. The summed E-state index contributed by atoms with van der Waals surface area (Å²) in [7, 11) is 0. The molecule has 0 spiro atoms. The van der Waals surface area contributed by atoms with Gasteiger partial charge in [-0.25, -0.2) is 9.78 Å². The fourth-order valence-electron chi connectivity index (χ4n) is 1.18. The number of nitriles is 1. The minimum atomic E-state index is -1.03. The number of aromatic carboxylic acids is 1. The van der Waals surface area contributed by atoms with Crippen molar-refractivity contribution in [3.05, 3.63) is 41.7 Å². The Kier molecular flexibility index (Phi) is 3.50. The van der Waals surface area contributed by atoms with Gasteiger partial charge in [-0.05, 0) is 30.0 Å². The maximum absolute atomic E-state index is 10.8. The zero-order chi connectivity index (χ0) is 13.0. The van der Waals surface area contributed by atoms with Gasteiger partial charge < -0.3 is 5.11 Å². The first-order valence-electron chi connectivity index (χ1n) is 4.79. The van der Waals surface area contributed by atoms with E-state index in [4.69, 9.17) is 10.4 Å². The quantitative estimate of drug-likeness (QED) is 0.892. The molecule has 2 aromatic heterocycles. The molecule has 88 valence electrons. The number of carboxylic acids is 1. The van der Waals surface area contributed by atoms with Gasteiger partial charge >= 0.3 is 5.97 Å². The van der Waals surface area contributed by atoms with Crippen LogP contribution in [0, 0.1) is 11.3 Å². The molecule has 0 unspecified atom stereocenters. The van der Waals surface area contributed by atoms with Crippen LogP contribution in [0.3, 0.4) is 0 Å².